The van der Waals surface area contributed by atoms with Gasteiger partial charge in [0.15, 0.2) is 0 Å². The molecule has 1 aliphatic rings. The highest BCUT2D eigenvalue weighted by molar-refractivity contribution is 5.76. The van der Waals surface area contributed by atoms with Crippen molar-refractivity contribution in [1.82, 2.24) is 9.88 Å². The minimum atomic E-state index is -0.142. The van der Waals surface area contributed by atoms with Crippen LogP contribution >= 0.6 is 0 Å². The minimum absolute atomic E-state index is 0.142. The Kier molecular flexibility index (Phi) is 6.99. The van der Waals surface area contributed by atoms with E-state index in [1.165, 1.54) is 5.56 Å². The average molecular weight is 367 g/mol. The lowest BCUT2D eigenvalue weighted by atomic mass is 9.76. The predicted molar refractivity (Wildman–Crippen MR) is 107 cm³/mol. The lowest BCUT2D eigenvalue weighted by Crippen LogP contribution is -2.48. The predicted octanol–water partition coefficient (Wildman–Crippen LogP) is 3.64. The summed E-state index contributed by atoms with van der Waals surface area (Å²) < 4.78 is 0. The molecule has 1 saturated heterocycles. The number of likely N-dealkylation sites (tertiary alicyclic amines) is 1. The topological polar surface area (TPSA) is 53.4 Å². The van der Waals surface area contributed by atoms with Crippen molar-refractivity contribution < 1.29 is 9.90 Å². The van der Waals surface area contributed by atoms with E-state index >= 15 is 0 Å². The van der Waals surface area contributed by atoms with Crippen LogP contribution in [0.25, 0.3) is 0 Å². The van der Waals surface area contributed by atoms with Crippen molar-refractivity contribution in [3.63, 3.8) is 0 Å². The maximum atomic E-state index is 12.7. The van der Waals surface area contributed by atoms with Crippen LogP contribution < -0.4 is 0 Å². The summed E-state index contributed by atoms with van der Waals surface area (Å²) in [6.45, 7) is 1.66. The second kappa shape index (κ2) is 9.65. The summed E-state index contributed by atoms with van der Waals surface area (Å²) in [5.41, 5.74) is 2.29. The van der Waals surface area contributed by atoms with Crippen LogP contribution in [-0.4, -0.2) is 40.6 Å². The molecule has 1 aromatic heterocycles. The Morgan fingerprint density at radius 1 is 1.11 bits per heavy atom. The van der Waals surface area contributed by atoms with Gasteiger partial charge in [-0.25, -0.2) is 0 Å². The van der Waals surface area contributed by atoms with Crippen molar-refractivity contribution in [2.45, 2.75) is 44.9 Å². The number of aliphatic hydroxyl groups excluding tert-OH is 1. The van der Waals surface area contributed by atoms with E-state index in [0.29, 0.717) is 13.0 Å². The number of carbonyl (C=O) groups is 1. The van der Waals surface area contributed by atoms with E-state index in [4.69, 9.17) is 0 Å². The van der Waals surface area contributed by atoms with Gasteiger partial charge in [0, 0.05) is 37.3 Å². The van der Waals surface area contributed by atoms with Gasteiger partial charge >= 0.3 is 0 Å². The highest BCUT2D eigenvalue weighted by Gasteiger charge is 2.36. The summed E-state index contributed by atoms with van der Waals surface area (Å²) in [7, 11) is 0. The van der Waals surface area contributed by atoms with Crippen LogP contribution in [0.3, 0.4) is 0 Å². The number of aromatic nitrogens is 1. The van der Waals surface area contributed by atoms with Gasteiger partial charge in [-0.1, -0.05) is 36.4 Å². The van der Waals surface area contributed by atoms with Crippen LogP contribution in [-0.2, 0) is 17.6 Å². The van der Waals surface area contributed by atoms with Gasteiger partial charge < -0.3 is 10.0 Å². The van der Waals surface area contributed by atoms with Crippen molar-refractivity contribution >= 4 is 5.91 Å². The lowest BCUT2D eigenvalue weighted by Gasteiger charge is -2.42. The molecule has 0 radical (unpaired) electrons. The molecule has 4 nitrogen and oxygen atoms in total. The lowest BCUT2D eigenvalue weighted by molar-refractivity contribution is -0.135. The highest BCUT2D eigenvalue weighted by atomic mass is 16.3. The summed E-state index contributed by atoms with van der Waals surface area (Å²) in [4.78, 5) is 18.8. The smallest absolute Gasteiger partial charge is 0.222 e. The second-order valence-electron chi connectivity index (χ2n) is 7.78. The number of nitrogens with zero attached hydrogens (tertiary/aromatic N) is 2. The SMILES string of the molecule is O=C(CCc1cccnc1)N1CCC[C@@](CO)(CCCc2ccccc2)C1. The quantitative estimate of drug-likeness (QED) is 0.776. The molecule has 144 valence electrons. The van der Waals surface area contributed by atoms with Crippen LogP contribution in [0.2, 0.25) is 0 Å². The average Bonchev–Trinajstić information content (AvgIpc) is 2.74. The summed E-state index contributed by atoms with van der Waals surface area (Å²) in [6, 6.07) is 14.4. The number of carbonyl (C=O) groups excluding carboxylic acids is 1. The molecule has 4 heteroatoms. The van der Waals surface area contributed by atoms with Gasteiger partial charge in [0.2, 0.25) is 5.91 Å². The first-order valence-electron chi connectivity index (χ1n) is 10.0. The van der Waals surface area contributed by atoms with Gasteiger partial charge in [-0.05, 0) is 55.7 Å². The molecule has 1 N–H and O–H groups in total. The third-order valence-electron chi connectivity index (χ3n) is 5.72. The number of rotatable bonds is 8. The largest absolute Gasteiger partial charge is 0.396 e. The Labute approximate surface area is 162 Å². The Bertz CT molecular complexity index is 705. The zero-order chi connectivity index (χ0) is 19.0. The third-order valence-corrected chi connectivity index (χ3v) is 5.72. The van der Waals surface area contributed by atoms with E-state index in [-0.39, 0.29) is 17.9 Å². The number of amides is 1. The number of piperidine rings is 1. The number of hydrogen-bond donors (Lipinski definition) is 1. The molecule has 27 heavy (non-hydrogen) atoms. The third kappa shape index (κ3) is 5.64. The van der Waals surface area contributed by atoms with Crippen molar-refractivity contribution in [2.75, 3.05) is 19.7 Å². The first kappa shape index (κ1) is 19.6. The number of hydrogen-bond acceptors (Lipinski definition) is 3. The molecule has 3 rings (SSSR count). The molecule has 1 fully saturated rings. The molecule has 2 heterocycles. The maximum Gasteiger partial charge on any atom is 0.222 e. The van der Waals surface area contributed by atoms with E-state index in [1.54, 1.807) is 6.20 Å². The van der Waals surface area contributed by atoms with Gasteiger partial charge in [-0.3, -0.25) is 9.78 Å². The minimum Gasteiger partial charge on any atom is -0.396 e. The fourth-order valence-electron chi connectivity index (χ4n) is 4.10. The zero-order valence-corrected chi connectivity index (χ0v) is 16.0. The van der Waals surface area contributed by atoms with Crippen LogP contribution in [0.1, 0.15) is 43.2 Å². The molecule has 1 atom stereocenters. The van der Waals surface area contributed by atoms with E-state index in [2.05, 4.69) is 29.2 Å². The fourth-order valence-corrected chi connectivity index (χ4v) is 4.10. The first-order chi connectivity index (χ1) is 13.2. The fraction of sp³-hybridized carbons (Fsp3) is 0.478. The number of pyridine rings is 1. The molecule has 0 aliphatic carbocycles. The molecule has 0 bridgehead atoms. The molecule has 0 unspecified atom stereocenters. The first-order valence-corrected chi connectivity index (χ1v) is 10.0. The standard InChI is InChI=1S/C23H30N2O2/c26-19-23(13-4-9-20-7-2-1-3-8-20)14-6-16-25(18-23)22(27)12-11-21-10-5-15-24-17-21/h1-3,5,7-8,10,15,17,26H,4,6,9,11-14,16,18-19H2/t23-/m0/s1. The van der Waals surface area contributed by atoms with Crippen molar-refractivity contribution in [3.8, 4) is 0 Å². The van der Waals surface area contributed by atoms with E-state index in [0.717, 1.165) is 50.6 Å². The normalized spacial score (nSPS) is 19.8. The molecule has 2 aromatic rings. The van der Waals surface area contributed by atoms with Crippen LogP contribution in [0.5, 0.6) is 0 Å². The molecular formula is C23H30N2O2. The van der Waals surface area contributed by atoms with Crippen LogP contribution in [0.15, 0.2) is 54.9 Å². The molecule has 1 amide bonds. The Hall–Kier alpha value is -2.20. The van der Waals surface area contributed by atoms with Crippen molar-refractivity contribution in [3.05, 3.63) is 66.0 Å². The van der Waals surface area contributed by atoms with Crippen LogP contribution in [0.4, 0.5) is 0 Å². The Morgan fingerprint density at radius 2 is 1.93 bits per heavy atom. The van der Waals surface area contributed by atoms with Gasteiger partial charge in [0.05, 0.1) is 6.61 Å². The summed E-state index contributed by atoms with van der Waals surface area (Å²) in [5, 5.41) is 10.1. The summed E-state index contributed by atoms with van der Waals surface area (Å²) in [6.07, 6.45) is 9.83. The summed E-state index contributed by atoms with van der Waals surface area (Å²) >= 11 is 0. The van der Waals surface area contributed by atoms with Crippen molar-refractivity contribution in [2.24, 2.45) is 5.41 Å². The molecular weight excluding hydrogens is 336 g/mol. The second-order valence-corrected chi connectivity index (χ2v) is 7.78. The van der Waals surface area contributed by atoms with Gasteiger partial charge in [0.1, 0.15) is 0 Å². The maximum absolute atomic E-state index is 12.7. The van der Waals surface area contributed by atoms with E-state index in [9.17, 15) is 9.90 Å². The number of benzene rings is 1. The van der Waals surface area contributed by atoms with E-state index < -0.39 is 0 Å². The van der Waals surface area contributed by atoms with Crippen molar-refractivity contribution in [1.29, 1.82) is 0 Å². The van der Waals surface area contributed by atoms with Gasteiger partial charge in [-0.15, -0.1) is 0 Å². The molecule has 0 saturated carbocycles. The summed E-state index contributed by atoms with van der Waals surface area (Å²) in [5.74, 6) is 0.194. The molecule has 1 aliphatic heterocycles. The highest BCUT2D eigenvalue weighted by Crippen LogP contribution is 2.35. The van der Waals surface area contributed by atoms with Crippen LogP contribution in [0, 0.1) is 5.41 Å². The number of aryl methyl sites for hydroxylation is 2. The Morgan fingerprint density at radius 3 is 2.67 bits per heavy atom. The number of aliphatic hydroxyl groups is 1. The Balaban J connectivity index is 1.51. The zero-order valence-electron chi connectivity index (χ0n) is 16.0. The monoisotopic (exact) mass is 366 g/mol. The van der Waals surface area contributed by atoms with Gasteiger partial charge in [0.25, 0.3) is 0 Å². The molecule has 1 aromatic carbocycles. The van der Waals surface area contributed by atoms with E-state index in [1.807, 2.05) is 29.3 Å². The molecule has 0 spiro atoms. The van der Waals surface area contributed by atoms with Gasteiger partial charge in [-0.2, -0.15) is 0 Å².